The summed E-state index contributed by atoms with van der Waals surface area (Å²) >= 11 is 0. The molecule has 0 saturated heterocycles. The topological polar surface area (TPSA) is 48.4 Å². The SMILES string of the molecule is CC1CCCCC1OCc1ccoc1CN. The van der Waals surface area contributed by atoms with Gasteiger partial charge < -0.3 is 14.9 Å². The van der Waals surface area contributed by atoms with E-state index in [0.717, 1.165) is 11.3 Å². The molecule has 1 fully saturated rings. The molecule has 1 saturated carbocycles. The lowest BCUT2D eigenvalue weighted by atomic mass is 9.88. The van der Waals surface area contributed by atoms with E-state index < -0.39 is 0 Å². The Labute approximate surface area is 97.0 Å². The highest BCUT2D eigenvalue weighted by Gasteiger charge is 2.22. The highest BCUT2D eigenvalue weighted by atomic mass is 16.5. The van der Waals surface area contributed by atoms with Crippen LogP contribution in [0, 0.1) is 5.92 Å². The van der Waals surface area contributed by atoms with E-state index in [1.54, 1.807) is 6.26 Å². The average molecular weight is 223 g/mol. The first-order valence-corrected chi connectivity index (χ1v) is 6.18. The van der Waals surface area contributed by atoms with Gasteiger partial charge in [0, 0.05) is 5.56 Å². The average Bonchev–Trinajstić information content (AvgIpc) is 2.75. The van der Waals surface area contributed by atoms with Crippen LogP contribution in [0.25, 0.3) is 0 Å². The molecule has 0 aliphatic heterocycles. The molecule has 3 nitrogen and oxygen atoms in total. The lowest BCUT2D eigenvalue weighted by Gasteiger charge is -2.28. The van der Waals surface area contributed by atoms with Gasteiger partial charge in [0.05, 0.1) is 25.5 Å². The first kappa shape index (κ1) is 11.7. The van der Waals surface area contributed by atoms with Crippen LogP contribution < -0.4 is 5.73 Å². The summed E-state index contributed by atoms with van der Waals surface area (Å²) in [6.45, 7) is 3.37. The molecule has 90 valence electrons. The molecule has 1 aliphatic rings. The van der Waals surface area contributed by atoms with Gasteiger partial charge in [-0.3, -0.25) is 0 Å². The molecule has 0 bridgehead atoms. The van der Waals surface area contributed by atoms with Gasteiger partial charge in [-0.15, -0.1) is 0 Å². The number of rotatable bonds is 4. The third-order valence-electron chi connectivity index (χ3n) is 3.51. The van der Waals surface area contributed by atoms with Crippen LogP contribution in [0.5, 0.6) is 0 Å². The molecular weight excluding hydrogens is 202 g/mol. The van der Waals surface area contributed by atoms with E-state index in [4.69, 9.17) is 14.9 Å². The maximum atomic E-state index is 5.97. The number of nitrogens with two attached hydrogens (primary N) is 1. The second-order valence-electron chi connectivity index (χ2n) is 4.68. The Morgan fingerprint density at radius 2 is 2.25 bits per heavy atom. The summed E-state index contributed by atoms with van der Waals surface area (Å²) in [5.41, 5.74) is 6.68. The van der Waals surface area contributed by atoms with Crippen LogP contribution in [0.1, 0.15) is 43.9 Å². The van der Waals surface area contributed by atoms with E-state index in [2.05, 4.69) is 6.92 Å². The van der Waals surface area contributed by atoms with E-state index in [9.17, 15) is 0 Å². The quantitative estimate of drug-likeness (QED) is 0.853. The molecule has 2 atom stereocenters. The van der Waals surface area contributed by atoms with Gasteiger partial charge in [0.2, 0.25) is 0 Å². The molecule has 1 heterocycles. The molecule has 0 radical (unpaired) electrons. The predicted octanol–water partition coefficient (Wildman–Crippen LogP) is 2.83. The summed E-state index contributed by atoms with van der Waals surface area (Å²) in [6, 6.07) is 1.95. The first-order chi connectivity index (χ1) is 7.81. The summed E-state index contributed by atoms with van der Waals surface area (Å²) in [6.07, 6.45) is 7.22. The molecule has 16 heavy (non-hydrogen) atoms. The predicted molar refractivity (Wildman–Crippen MR) is 62.8 cm³/mol. The summed E-state index contributed by atoms with van der Waals surface area (Å²) in [4.78, 5) is 0. The van der Waals surface area contributed by atoms with Crippen LogP contribution in [0.15, 0.2) is 16.7 Å². The summed E-state index contributed by atoms with van der Waals surface area (Å²) in [7, 11) is 0. The summed E-state index contributed by atoms with van der Waals surface area (Å²) in [5, 5.41) is 0. The van der Waals surface area contributed by atoms with Crippen LogP contribution in [0.3, 0.4) is 0 Å². The van der Waals surface area contributed by atoms with Crippen molar-refractivity contribution in [2.75, 3.05) is 0 Å². The van der Waals surface area contributed by atoms with E-state index >= 15 is 0 Å². The van der Waals surface area contributed by atoms with Gasteiger partial charge in [0.1, 0.15) is 5.76 Å². The molecule has 0 aromatic carbocycles. The van der Waals surface area contributed by atoms with Crippen LogP contribution in [0.2, 0.25) is 0 Å². The largest absolute Gasteiger partial charge is 0.468 e. The minimum atomic E-state index is 0.411. The molecular formula is C13H21NO2. The van der Waals surface area contributed by atoms with Gasteiger partial charge in [-0.05, 0) is 24.8 Å². The Balaban J connectivity index is 1.86. The van der Waals surface area contributed by atoms with Gasteiger partial charge in [0.25, 0.3) is 0 Å². The van der Waals surface area contributed by atoms with Crippen molar-refractivity contribution in [1.82, 2.24) is 0 Å². The van der Waals surface area contributed by atoms with Crippen molar-refractivity contribution in [2.45, 2.75) is 51.9 Å². The number of hydrogen-bond acceptors (Lipinski definition) is 3. The fourth-order valence-corrected chi connectivity index (χ4v) is 2.40. The van der Waals surface area contributed by atoms with Crippen molar-refractivity contribution in [3.63, 3.8) is 0 Å². The van der Waals surface area contributed by atoms with Gasteiger partial charge in [0.15, 0.2) is 0 Å². The van der Waals surface area contributed by atoms with Crippen molar-refractivity contribution < 1.29 is 9.15 Å². The lowest BCUT2D eigenvalue weighted by Crippen LogP contribution is -2.25. The second-order valence-corrected chi connectivity index (χ2v) is 4.68. The zero-order valence-corrected chi connectivity index (χ0v) is 9.95. The van der Waals surface area contributed by atoms with Crippen LogP contribution in [0.4, 0.5) is 0 Å². The molecule has 2 unspecified atom stereocenters. The fourth-order valence-electron chi connectivity index (χ4n) is 2.40. The molecule has 0 amide bonds. The standard InChI is InChI=1S/C13H21NO2/c1-10-4-2-3-5-12(10)16-9-11-6-7-15-13(11)8-14/h6-7,10,12H,2-5,8-9,14H2,1H3. The van der Waals surface area contributed by atoms with Crippen molar-refractivity contribution in [3.05, 3.63) is 23.7 Å². The van der Waals surface area contributed by atoms with E-state index in [-0.39, 0.29) is 0 Å². The van der Waals surface area contributed by atoms with E-state index in [1.807, 2.05) is 6.07 Å². The maximum absolute atomic E-state index is 5.97. The minimum Gasteiger partial charge on any atom is -0.468 e. The lowest BCUT2D eigenvalue weighted by molar-refractivity contribution is -0.0159. The van der Waals surface area contributed by atoms with Crippen molar-refractivity contribution in [1.29, 1.82) is 0 Å². The number of hydrogen-bond donors (Lipinski definition) is 1. The fraction of sp³-hybridized carbons (Fsp3) is 0.692. The monoisotopic (exact) mass is 223 g/mol. The van der Waals surface area contributed by atoms with Crippen molar-refractivity contribution >= 4 is 0 Å². The molecule has 2 rings (SSSR count). The zero-order chi connectivity index (χ0) is 11.4. The molecule has 3 heteroatoms. The van der Waals surface area contributed by atoms with Gasteiger partial charge in [-0.1, -0.05) is 19.8 Å². The summed E-state index contributed by atoms with van der Waals surface area (Å²) < 4.78 is 11.2. The van der Waals surface area contributed by atoms with Crippen LogP contribution in [-0.2, 0) is 17.9 Å². The van der Waals surface area contributed by atoms with Gasteiger partial charge >= 0.3 is 0 Å². The third kappa shape index (κ3) is 2.66. The number of ether oxygens (including phenoxy) is 1. The van der Waals surface area contributed by atoms with Crippen LogP contribution >= 0.6 is 0 Å². The van der Waals surface area contributed by atoms with E-state index in [0.29, 0.717) is 25.2 Å². The Morgan fingerprint density at radius 3 is 3.00 bits per heavy atom. The Hall–Kier alpha value is -0.800. The Morgan fingerprint density at radius 1 is 1.44 bits per heavy atom. The minimum absolute atomic E-state index is 0.411. The highest BCUT2D eigenvalue weighted by molar-refractivity contribution is 5.15. The van der Waals surface area contributed by atoms with E-state index in [1.165, 1.54) is 25.7 Å². The van der Waals surface area contributed by atoms with Crippen molar-refractivity contribution in [3.8, 4) is 0 Å². The van der Waals surface area contributed by atoms with Crippen LogP contribution in [-0.4, -0.2) is 6.10 Å². The molecule has 1 aromatic rings. The Kier molecular flexibility index (Phi) is 4.02. The second kappa shape index (κ2) is 5.51. The van der Waals surface area contributed by atoms with Crippen molar-refractivity contribution in [2.24, 2.45) is 11.7 Å². The molecule has 2 N–H and O–H groups in total. The first-order valence-electron chi connectivity index (χ1n) is 6.18. The zero-order valence-electron chi connectivity index (χ0n) is 9.95. The maximum Gasteiger partial charge on any atom is 0.122 e. The van der Waals surface area contributed by atoms with Gasteiger partial charge in [-0.25, -0.2) is 0 Å². The number of furan rings is 1. The molecule has 1 aliphatic carbocycles. The Bertz CT molecular complexity index is 321. The van der Waals surface area contributed by atoms with Gasteiger partial charge in [-0.2, -0.15) is 0 Å². The third-order valence-corrected chi connectivity index (χ3v) is 3.51. The highest BCUT2D eigenvalue weighted by Crippen LogP contribution is 2.27. The molecule has 1 aromatic heterocycles. The molecule has 0 spiro atoms. The smallest absolute Gasteiger partial charge is 0.122 e. The normalized spacial score (nSPS) is 25.9. The summed E-state index contributed by atoms with van der Waals surface area (Å²) in [5.74, 6) is 1.53.